The maximum atomic E-state index is 12.0. The summed E-state index contributed by atoms with van der Waals surface area (Å²) in [4.78, 5) is 24.6. The first kappa shape index (κ1) is 18.1. The van der Waals surface area contributed by atoms with Crippen LogP contribution < -0.4 is 5.32 Å². The standard InChI is InChI=1S/C17H21N3O3S/c18-11-14-3-1-2-4-15(14)12-24-10-7-19-17(23)20-8-5-13(6-9-20)16(21)22/h1-4,13H,5-10,12H2,(H,19,23)(H,21,22). The highest BCUT2D eigenvalue weighted by atomic mass is 32.2. The van der Waals surface area contributed by atoms with Gasteiger partial charge in [0.05, 0.1) is 17.6 Å². The molecule has 0 unspecified atom stereocenters. The highest BCUT2D eigenvalue weighted by molar-refractivity contribution is 7.98. The monoisotopic (exact) mass is 347 g/mol. The molecule has 0 aliphatic carbocycles. The van der Waals surface area contributed by atoms with Gasteiger partial charge >= 0.3 is 12.0 Å². The first-order valence-corrected chi connectivity index (χ1v) is 9.08. The number of rotatable bonds is 6. The van der Waals surface area contributed by atoms with Crippen molar-refractivity contribution in [1.29, 1.82) is 5.26 Å². The maximum absolute atomic E-state index is 12.0. The molecular weight excluding hydrogens is 326 g/mol. The zero-order valence-electron chi connectivity index (χ0n) is 13.4. The van der Waals surface area contributed by atoms with Gasteiger partial charge in [-0.1, -0.05) is 18.2 Å². The molecule has 2 N–H and O–H groups in total. The number of likely N-dealkylation sites (tertiary alicyclic amines) is 1. The van der Waals surface area contributed by atoms with Crippen molar-refractivity contribution >= 4 is 23.8 Å². The molecule has 0 saturated carbocycles. The molecule has 0 spiro atoms. The molecule has 24 heavy (non-hydrogen) atoms. The van der Waals surface area contributed by atoms with Crippen LogP contribution in [0.15, 0.2) is 24.3 Å². The van der Waals surface area contributed by atoms with Gasteiger partial charge in [0.1, 0.15) is 0 Å². The van der Waals surface area contributed by atoms with E-state index in [9.17, 15) is 9.59 Å². The Morgan fingerprint density at radius 3 is 2.71 bits per heavy atom. The van der Waals surface area contributed by atoms with Gasteiger partial charge < -0.3 is 15.3 Å². The van der Waals surface area contributed by atoms with Crippen LogP contribution in [0, 0.1) is 17.2 Å². The number of piperidine rings is 1. The summed E-state index contributed by atoms with van der Waals surface area (Å²) in [7, 11) is 0. The number of hydrogen-bond donors (Lipinski definition) is 2. The second kappa shape index (κ2) is 9.18. The number of amides is 2. The summed E-state index contributed by atoms with van der Waals surface area (Å²) >= 11 is 1.67. The lowest BCUT2D eigenvalue weighted by Gasteiger charge is -2.30. The summed E-state index contributed by atoms with van der Waals surface area (Å²) in [5.74, 6) is 0.398. The van der Waals surface area contributed by atoms with Gasteiger partial charge in [-0.15, -0.1) is 0 Å². The van der Waals surface area contributed by atoms with Crippen LogP contribution in [0.25, 0.3) is 0 Å². The Morgan fingerprint density at radius 1 is 1.33 bits per heavy atom. The zero-order valence-corrected chi connectivity index (χ0v) is 14.2. The fourth-order valence-corrected chi connectivity index (χ4v) is 3.47. The lowest BCUT2D eigenvalue weighted by Crippen LogP contribution is -2.46. The number of carbonyl (C=O) groups excluding carboxylic acids is 1. The second-order valence-corrected chi connectivity index (χ2v) is 6.76. The number of nitrogens with zero attached hydrogens (tertiary/aromatic N) is 2. The average Bonchev–Trinajstić information content (AvgIpc) is 2.61. The summed E-state index contributed by atoms with van der Waals surface area (Å²) in [6, 6.07) is 9.56. The Bertz CT molecular complexity index is 622. The highest BCUT2D eigenvalue weighted by Gasteiger charge is 2.26. The number of nitrogens with one attached hydrogen (secondary N) is 1. The van der Waals surface area contributed by atoms with E-state index in [1.807, 2.05) is 18.2 Å². The van der Waals surface area contributed by atoms with Gasteiger partial charge in [0.25, 0.3) is 0 Å². The van der Waals surface area contributed by atoms with Crippen molar-refractivity contribution in [3.63, 3.8) is 0 Å². The number of hydrogen-bond acceptors (Lipinski definition) is 4. The molecule has 1 heterocycles. The molecular formula is C17H21N3O3S. The molecule has 1 aromatic carbocycles. The fourth-order valence-electron chi connectivity index (χ4n) is 2.61. The van der Waals surface area contributed by atoms with E-state index in [0.717, 1.165) is 17.1 Å². The summed E-state index contributed by atoms with van der Waals surface area (Å²) in [5.41, 5.74) is 1.70. The lowest BCUT2D eigenvalue weighted by molar-refractivity contribution is -0.143. The Hall–Kier alpha value is -2.20. The highest BCUT2D eigenvalue weighted by Crippen LogP contribution is 2.17. The lowest BCUT2D eigenvalue weighted by atomic mass is 9.97. The van der Waals surface area contributed by atoms with E-state index in [0.29, 0.717) is 38.0 Å². The summed E-state index contributed by atoms with van der Waals surface area (Å²) in [6.07, 6.45) is 1.03. The molecule has 1 aromatic rings. The van der Waals surface area contributed by atoms with Crippen LogP contribution in [0.4, 0.5) is 4.79 Å². The number of aliphatic carboxylic acids is 1. The Kier molecular flexibility index (Phi) is 6.94. The van der Waals surface area contributed by atoms with Crippen molar-refractivity contribution in [2.24, 2.45) is 5.92 Å². The summed E-state index contributed by atoms with van der Waals surface area (Å²) in [5, 5.41) is 20.9. The zero-order chi connectivity index (χ0) is 17.4. The Morgan fingerprint density at radius 2 is 2.04 bits per heavy atom. The Labute approximate surface area is 145 Å². The molecule has 1 fully saturated rings. The molecule has 0 aromatic heterocycles. The summed E-state index contributed by atoms with van der Waals surface area (Å²) < 4.78 is 0. The van der Waals surface area contributed by atoms with E-state index in [2.05, 4.69) is 11.4 Å². The Balaban J connectivity index is 1.63. The molecule has 7 heteroatoms. The van der Waals surface area contributed by atoms with Crippen molar-refractivity contribution < 1.29 is 14.7 Å². The van der Waals surface area contributed by atoms with Crippen LogP contribution in [0.3, 0.4) is 0 Å². The van der Waals surface area contributed by atoms with Crippen molar-refractivity contribution in [3.05, 3.63) is 35.4 Å². The molecule has 1 saturated heterocycles. The van der Waals surface area contributed by atoms with Crippen LogP contribution in [0.2, 0.25) is 0 Å². The van der Waals surface area contributed by atoms with Crippen molar-refractivity contribution in [2.75, 3.05) is 25.4 Å². The van der Waals surface area contributed by atoms with Gasteiger partial charge in [-0.3, -0.25) is 4.79 Å². The largest absolute Gasteiger partial charge is 0.481 e. The quantitative estimate of drug-likeness (QED) is 0.770. The van der Waals surface area contributed by atoms with Crippen LogP contribution in [0.1, 0.15) is 24.0 Å². The fraction of sp³-hybridized carbons (Fsp3) is 0.471. The van der Waals surface area contributed by atoms with Gasteiger partial charge in [0.15, 0.2) is 0 Å². The topological polar surface area (TPSA) is 93.4 Å². The van der Waals surface area contributed by atoms with E-state index in [1.165, 1.54) is 0 Å². The van der Waals surface area contributed by atoms with E-state index < -0.39 is 5.97 Å². The number of carboxylic acids is 1. The molecule has 2 rings (SSSR count). The minimum absolute atomic E-state index is 0.128. The molecule has 0 radical (unpaired) electrons. The summed E-state index contributed by atoms with van der Waals surface area (Å²) in [6.45, 7) is 1.54. The molecule has 0 bridgehead atoms. The minimum Gasteiger partial charge on any atom is -0.481 e. The SMILES string of the molecule is N#Cc1ccccc1CSCCNC(=O)N1CCC(C(=O)O)CC1. The number of carbonyl (C=O) groups is 2. The van der Waals surface area contributed by atoms with Crippen molar-refractivity contribution in [1.82, 2.24) is 10.2 Å². The number of nitriles is 1. The predicted molar refractivity (Wildman–Crippen MR) is 92.7 cm³/mol. The third-order valence-corrected chi connectivity index (χ3v) is 5.06. The van der Waals surface area contributed by atoms with Crippen LogP contribution in [0.5, 0.6) is 0 Å². The van der Waals surface area contributed by atoms with Crippen LogP contribution in [-0.4, -0.2) is 47.4 Å². The van der Waals surface area contributed by atoms with Gasteiger partial charge in [-0.2, -0.15) is 17.0 Å². The molecule has 0 atom stereocenters. The third-order valence-electron chi connectivity index (χ3n) is 4.05. The second-order valence-electron chi connectivity index (χ2n) is 5.65. The van der Waals surface area contributed by atoms with Gasteiger partial charge in [0, 0.05) is 31.1 Å². The first-order valence-electron chi connectivity index (χ1n) is 7.93. The van der Waals surface area contributed by atoms with Crippen molar-refractivity contribution in [3.8, 4) is 6.07 Å². The van der Waals surface area contributed by atoms with Gasteiger partial charge in [-0.25, -0.2) is 4.79 Å². The minimum atomic E-state index is -0.774. The number of thioether (sulfide) groups is 1. The first-order chi connectivity index (χ1) is 11.6. The molecule has 128 valence electrons. The van der Waals surface area contributed by atoms with Crippen LogP contribution >= 0.6 is 11.8 Å². The third kappa shape index (κ3) is 5.17. The smallest absolute Gasteiger partial charge is 0.317 e. The van der Waals surface area contributed by atoms with E-state index >= 15 is 0 Å². The maximum Gasteiger partial charge on any atom is 0.317 e. The molecule has 2 amide bonds. The van der Waals surface area contributed by atoms with Crippen molar-refractivity contribution in [2.45, 2.75) is 18.6 Å². The number of urea groups is 1. The average molecular weight is 347 g/mol. The molecule has 1 aliphatic rings. The molecule has 1 aliphatic heterocycles. The van der Waals surface area contributed by atoms with E-state index in [-0.39, 0.29) is 11.9 Å². The van der Waals surface area contributed by atoms with E-state index in [4.69, 9.17) is 10.4 Å². The predicted octanol–water partition coefficient (Wildman–Crippen LogP) is 2.30. The van der Waals surface area contributed by atoms with Gasteiger partial charge in [0.2, 0.25) is 0 Å². The van der Waals surface area contributed by atoms with E-state index in [1.54, 1.807) is 22.7 Å². The van der Waals surface area contributed by atoms with Crippen LogP contribution in [-0.2, 0) is 10.5 Å². The van der Waals surface area contributed by atoms with Gasteiger partial charge in [-0.05, 0) is 24.5 Å². The normalized spacial score (nSPS) is 14.9. The number of benzene rings is 1. The number of carboxylic acid groups (broad SMARTS) is 1. The molecule has 6 nitrogen and oxygen atoms in total.